The van der Waals surface area contributed by atoms with E-state index in [1.807, 2.05) is 16.3 Å². The van der Waals surface area contributed by atoms with Crippen molar-refractivity contribution in [3.8, 4) is 0 Å². The van der Waals surface area contributed by atoms with Crippen LogP contribution in [0, 0.1) is 6.92 Å². The smallest absolute Gasteiger partial charge is 0.164 e. The van der Waals surface area contributed by atoms with Crippen molar-refractivity contribution in [2.45, 2.75) is 52.4 Å². The molecule has 0 saturated heterocycles. The fourth-order valence-corrected chi connectivity index (χ4v) is 2.60. The first kappa shape index (κ1) is 13.8. The lowest BCUT2D eigenvalue weighted by Crippen LogP contribution is -2.16. The zero-order valence-electron chi connectivity index (χ0n) is 11.8. The molecule has 0 radical (unpaired) electrons. The lowest BCUT2D eigenvalue weighted by Gasteiger charge is -2.05. The summed E-state index contributed by atoms with van der Waals surface area (Å²) >= 11 is 3.61. The molecule has 108 valence electrons. The van der Waals surface area contributed by atoms with Gasteiger partial charge in [0.25, 0.3) is 0 Å². The van der Waals surface area contributed by atoms with Gasteiger partial charge in [-0.05, 0) is 42.6 Å². The van der Waals surface area contributed by atoms with Gasteiger partial charge in [0, 0.05) is 12.6 Å². The molecule has 0 bridgehead atoms. The zero-order valence-corrected chi connectivity index (χ0v) is 13.4. The fraction of sp³-hybridized carbons (Fsp3) is 0.615. The second kappa shape index (κ2) is 5.65. The Balaban J connectivity index is 1.70. The second-order valence-electron chi connectivity index (χ2n) is 5.18. The van der Waals surface area contributed by atoms with Crippen LogP contribution >= 0.6 is 15.9 Å². The maximum absolute atomic E-state index is 4.51. The van der Waals surface area contributed by atoms with Gasteiger partial charge in [-0.2, -0.15) is 10.2 Å². The highest BCUT2D eigenvalue weighted by Crippen LogP contribution is 2.22. The Morgan fingerprint density at radius 2 is 2.20 bits per heavy atom. The van der Waals surface area contributed by atoms with E-state index in [9.17, 15) is 0 Å². The summed E-state index contributed by atoms with van der Waals surface area (Å²) in [6.45, 7) is 6.39. The topological polar surface area (TPSA) is 60.6 Å². The average Bonchev–Trinajstić information content (AvgIpc) is 3.11. The van der Waals surface area contributed by atoms with E-state index in [0.29, 0.717) is 12.6 Å². The van der Waals surface area contributed by atoms with Gasteiger partial charge in [-0.1, -0.05) is 0 Å². The molecule has 0 aliphatic heterocycles. The van der Waals surface area contributed by atoms with Crippen molar-refractivity contribution in [1.82, 2.24) is 29.9 Å². The van der Waals surface area contributed by atoms with Gasteiger partial charge in [-0.15, -0.1) is 0 Å². The SMILES string of the molecule is CCn1nc(C)c(Br)c1Cn1cnc(CNC2CC2)n1. The van der Waals surface area contributed by atoms with Crippen molar-refractivity contribution < 1.29 is 0 Å². The Hall–Kier alpha value is -1.21. The van der Waals surface area contributed by atoms with E-state index in [0.717, 1.165) is 34.8 Å². The molecule has 2 aromatic rings. The van der Waals surface area contributed by atoms with Crippen LogP contribution in [0.4, 0.5) is 0 Å². The van der Waals surface area contributed by atoms with E-state index >= 15 is 0 Å². The summed E-state index contributed by atoms with van der Waals surface area (Å²) in [4.78, 5) is 4.35. The number of halogens is 1. The van der Waals surface area contributed by atoms with Crippen LogP contribution in [0.5, 0.6) is 0 Å². The van der Waals surface area contributed by atoms with Gasteiger partial charge in [-0.3, -0.25) is 4.68 Å². The van der Waals surface area contributed by atoms with Crippen molar-refractivity contribution in [3.05, 3.63) is 28.0 Å². The summed E-state index contributed by atoms with van der Waals surface area (Å²) in [5.41, 5.74) is 2.15. The first-order valence-corrected chi connectivity index (χ1v) is 7.80. The number of nitrogens with zero attached hydrogens (tertiary/aromatic N) is 5. The first-order valence-electron chi connectivity index (χ1n) is 7.01. The maximum Gasteiger partial charge on any atom is 0.164 e. The van der Waals surface area contributed by atoms with Crippen LogP contribution in [-0.2, 0) is 19.6 Å². The minimum atomic E-state index is 0.681. The monoisotopic (exact) mass is 338 g/mol. The van der Waals surface area contributed by atoms with E-state index in [-0.39, 0.29) is 0 Å². The number of hydrogen-bond donors (Lipinski definition) is 1. The fourth-order valence-electron chi connectivity index (χ4n) is 2.19. The molecular weight excluding hydrogens is 320 g/mol. The number of aryl methyl sites for hydroxylation is 2. The summed E-state index contributed by atoms with van der Waals surface area (Å²) in [5, 5.41) is 12.4. The van der Waals surface area contributed by atoms with E-state index in [1.165, 1.54) is 12.8 Å². The van der Waals surface area contributed by atoms with Crippen LogP contribution < -0.4 is 5.32 Å². The Morgan fingerprint density at radius 1 is 1.40 bits per heavy atom. The molecule has 0 unspecified atom stereocenters. The molecule has 2 heterocycles. The van der Waals surface area contributed by atoms with Crippen molar-refractivity contribution in [2.75, 3.05) is 0 Å². The van der Waals surface area contributed by atoms with Gasteiger partial charge in [0.1, 0.15) is 6.33 Å². The molecule has 1 saturated carbocycles. The normalized spacial score (nSPS) is 14.9. The third-order valence-electron chi connectivity index (χ3n) is 3.47. The minimum Gasteiger partial charge on any atom is -0.307 e. The molecule has 1 N–H and O–H groups in total. The van der Waals surface area contributed by atoms with Gasteiger partial charge in [0.15, 0.2) is 5.82 Å². The molecule has 1 aliphatic carbocycles. The number of rotatable bonds is 6. The third kappa shape index (κ3) is 2.93. The molecule has 7 heteroatoms. The number of nitrogens with one attached hydrogen (secondary N) is 1. The summed E-state index contributed by atoms with van der Waals surface area (Å²) in [7, 11) is 0. The Bertz CT molecular complexity index is 598. The van der Waals surface area contributed by atoms with Crippen LogP contribution in [-0.4, -0.2) is 30.6 Å². The summed E-state index contributed by atoms with van der Waals surface area (Å²) in [5.74, 6) is 0.854. The highest BCUT2D eigenvalue weighted by Gasteiger charge is 2.20. The Labute approximate surface area is 126 Å². The predicted molar refractivity (Wildman–Crippen MR) is 79.3 cm³/mol. The van der Waals surface area contributed by atoms with Gasteiger partial charge >= 0.3 is 0 Å². The van der Waals surface area contributed by atoms with Crippen molar-refractivity contribution in [2.24, 2.45) is 0 Å². The van der Waals surface area contributed by atoms with Crippen LogP contribution in [0.25, 0.3) is 0 Å². The molecule has 6 nitrogen and oxygen atoms in total. The molecule has 0 spiro atoms. The van der Waals surface area contributed by atoms with Gasteiger partial charge < -0.3 is 5.32 Å². The van der Waals surface area contributed by atoms with Gasteiger partial charge in [0.05, 0.1) is 29.0 Å². The molecule has 1 fully saturated rings. The minimum absolute atomic E-state index is 0.681. The highest BCUT2D eigenvalue weighted by atomic mass is 79.9. The van der Waals surface area contributed by atoms with Gasteiger partial charge in [-0.25, -0.2) is 9.67 Å². The molecule has 0 atom stereocenters. The summed E-state index contributed by atoms with van der Waals surface area (Å²) in [6, 6.07) is 0.681. The van der Waals surface area contributed by atoms with Crippen molar-refractivity contribution in [3.63, 3.8) is 0 Å². The molecular formula is C13H19BrN6. The zero-order chi connectivity index (χ0) is 14.1. The average molecular weight is 339 g/mol. The van der Waals surface area contributed by atoms with Crippen molar-refractivity contribution in [1.29, 1.82) is 0 Å². The number of aromatic nitrogens is 5. The number of hydrogen-bond acceptors (Lipinski definition) is 4. The lowest BCUT2D eigenvalue weighted by atomic mass is 10.3. The molecule has 0 amide bonds. The van der Waals surface area contributed by atoms with Gasteiger partial charge in [0.2, 0.25) is 0 Å². The standard InChI is InChI=1S/C13H19BrN6/c1-3-20-11(13(14)9(2)17-20)7-19-8-16-12(18-19)6-15-10-4-5-10/h8,10,15H,3-7H2,1-2H3. The van der Waals surface area contributed by atoms with E-state index < -0.39 is 0 Å². The Morgan fingerprint density at radius 3 is 2.90 bits per heavy atom. The largest absolute Gasteiger partial charge is 0.307 e. The summed E-state index contributed by atoms with van der Waals surface area (Å²) < 4.78 is 4.94. The van der Waals surface area contributed by atoms with Crippen molar-refractivity contribution >= 4 is 15.9 Å². The predicted octanol–water partition coefficient (Wildman–Crippen LogP) is 1.87. The van der Waals surface area contributed by atoms with E-state index in [2.05, 4.69) is 43.4 Å². The second-order valence-corrected chi connectivity index (χ2v) is 5.97. The highest BCUT2D eigenvalue weighted by molar-refractivity contribution is 9.10. The van der Waals surface area contributed by atoms with Crippen LogP contribution in [0.2, 0.25) is 0 Å². The molecule has 3 rings (SSSR count). The quantitative estimate of drug-likeness (QED) is 0.873. The molecule has 1 aliphatic rings. The molecule has 2 aromatic heterocycles. The van der Waals surface area contributed by atoms with Crippen LogP contribution in [0.3, 0.4) is 0 Å². The lowest BCUT2D eigenvalue weighted by molar-refractivity contribution is 0.566. The van der Waals surface area contributed by atoms with E-state index in [4.69, 9.17) is 0 Å². The summed E-state index contributed by atoms with van der Waals surface area (Å²) in [6.07, 6.45) is 4.35. The van der Waals surface area contributed by atoms with Crippen LogP contribution in [0.1, 0.15) is 37.0 Å². The molecule has 0 aromatic carbocycles. The third-order valence-corrected chi connectivity index (χ3v) is 4.51. The van der Waals surface area contributed by atoms with Crippen LogP contribution in [0.15, 0.2) is 10.8 Å². The molecule has 20 heavy (non-hydrogen) atoms. The van der Waals surface area contributed by atoms with E-state index in [1.54, 1.807) is 6.33 Å². The maximum atomic E-state index is 4.51. The first-order chi connectivity index (χ1) is 9.67. The Kier molecular flexibility index (Phi) is 3.89.